The highest BCUT2D eigenvalue weighted by atomic mass is 32.1. The Kier molecular flexibility index (Phi) is 5.71. The van der Waals surface area contributed by atoms with Crippen LogP contribution >= 0.6 is 11.3 Å². The van der Waals surface area contributed by atoms with Crippen molar-refractivity contribution in [3.8, 4) is 10.6 Å². The molecule has 0 radical (unpaired) electrons. The quantitative estimate of drug-likeness (QED) is 0.587. The number of carbonyl (C=O) groups is 1. The van der Waals surface area contributed by atoms with Gasteiger partial charge in [0.15, 0.2) is 0 Å². The van der Waals surface area contributed by atoms with Gasteiger partial charge in [-0.2, -0.15) is 0 Å². The molecule has 3 heterocycles. The van der Waals surface area contributed by atoms with E-state index in [1.54, 1.807) is 12.3 Å². The van der Waals surface area contributed by atoms with E-state index in [4.69, 9.17) is 5.73 Å². The predicted octanol–water partition coefficient (Wildman–Crippen LogP) is 2.63. The number of nitrogens with one attached hydrogen (secondary N) is 1. The number of β-amino-alcohol motifs (C(OH)–C–C–N with tert-alkyl or cyclic N) is 1. The van der Waals surface area contributed by atoms with E-state index in [0.717, 1.165) is 23.5 Å². The van der Waals surface area contributed by atoms with Crippen molar-refractivity contribution >= 4 is 28.6 Å². The first-order chi connectivity index (χ1) is 14.4. The number of halogens is 2. The number of thiazole rings is 1. The molecule has 0 spiro atoms. The minimum atomic E-state index is -0.745. The fraction of sp³-hybridized carbons (Fsp3) is 0.250. The van der Waals surface area contributed by atoms with Crippen molar-refractivity contribution in [2.24, 2.45) is 5.73 Å². The van der Waals surface area contributed by atoms with Crippen LogP contribution in [0.5, 0.6) is 0 Å². The fourth-order valence-corrected chi connectivity index (χ4v) is 4.29. The molecule has 2 atom stereocenters. The molecule has 0 aliphatic carbocycles. The van der Waals surface area contributed by atoms with E-state index in [9.17, 15) is 18.7 Å². The van der Waals surface area contributed by atoms with Gasteiger partial charge in [-0.3, -0.25) is 9.78 Å². The Hall–Kier alpha value is -2.95. The smallest absolute Gasteiger partial charge is 0.275 e. The zero-order valence-electron chi connectivity index (χ0n) is 15.8. The van der Waals surface area contributed by atoms with Gasteiger partial charge in [-0.05, 0) is 24.6 Å². The molecule has 30 heavy (non-hydrogen) atoms. The molecule has 1 saturated heterocycles. The van der Waals surface area contributed by atoms with Crippen LogP contribution in [0.25, 0.3) is 10.6 Å². The average Bonchev–Trinajstić information content (AvgIpc) is 3.17. The summed E-state index contributed by atoms with van der Waals surface area (Å²) in [6.07, 6.45) is 3.02. The lowest BCUT2D eigenvalue weighted by Crippen LogP contribution is -2.49. The molecule has 10 heteroatoms. The first kappa shape index (κ1) is 20.3. The molecule has 0 bridgehead atoms. The van der Waals surface area contributed by atoms with Gasteiger partial charge in [0, 0.05) is 30.7 Å². The highest BCUT2D eigenvalue weighted by Crippen LogP contribution is 2.30. The van der Waals surface area contributed by atoms with Crippen molar-refractivity contribution < 1.29 is 18.7 Å². The summed E-state index contributed by atoms with van der Waals surface area (Å²) in [7, 11) is 0. The third-order valence-corrected chi connectivity index (χ3v) is 5.62. The summed E-state index contributed by atoms with van der Waals surface area (Å²) in [6, 6.07) is 5.07. The summed E-state index contributed by atoms with van der Waals surface area (Å²) in [4.78, 5) is 22.7. The monoisotopic (exact) mass is 431 g/mol. The topological polar surface area (TPSA) is 104 Å². The SMILES string of the molecule is NC1CC(O)CN(c2ccncc2NC(=O)c2csc(-c3c(F)cccc3F)n2)C1. The van der Waals surface area contributed by atoms with Gasteiger partial charge >= 0.3 is 0 Å². The molecule has 156 valence electrons. The molecule has 2 unspecified atom stereocenters. The van der Waals surface area contributed by atoms with Crippen LogP contribution in [0.4, 0.5) is 20.2 Å². The summed E-state index contributed by atoms with van der Waals surface area (Å²) in [5, 5.41) is 14.3. The zero-order chi connectivity index (χ0) is 21.3. The van der Waals surface area contributed by atoms with Crippen molar-refractivity contribution in [3.63, 3.8) is 0 Å². The summed E-state index contributed by atoms with van der Waals surface area (Å²) in [5.41, 5.74) is 6.87. The number of amides is 1. The summed E-state index contributed by atoms with van der Waals surface area (Å²) in [5.74, 6) is -2.03. The fourth-order valence-electron chi connectivity index (χ4n) is 3.45. The first-order valence-electron chi connectivity index (χ1n) is 9.26. The maximum absolute atomic E-state index is 14.0. The maximum atomic E-state index is 14.0. The molecule has 1 amide bonds. The Bertz CT molecular complexity index is 1050. The van der Waals surface area contributed by atoms with Crippen molar-refractivity contribution in [1.29, 1.82) is 0 Å². The van der Waals surface area contributed by atoms with E-state index < -0.39 is 23.6 Å². The summed E-state index contributed by atoms with van der Waals surface area (Å²) < 4.78 is 28.0. The normalized spacial score (nSPS) is 19.0. The number of aliphatic hydroxyl groups excluding tert-OH is 1. The van der Waals surface area contributed by atoms with Crippen LogP contribution in [0.2, 0.25) is 0 Å². The Morgan fingerprint density at radius 3 is 2.77 bits per heavy atom. The van der Waals surface area contributed by atoms with E-state index in [2.05, 4.69) is 15.3 Å². The molecule has 7 nitrogen and oxygen atoms in total. The molecular formula is C20H19F2N5O2S. The number of hydrogen-bond donors (Lipinski definition) is 3. The molecule has 3 aromatic rings. The molecule has 1 aromatic carbocycles. The summed E-state index contributed by atoms with van der Waals surface area (Å²) >= 11 is 0.975. The Labute approximate surface area is 175 Å². The first-order valence-corrected chi connectivity index (χ1v) is 10.1. The highest BCUT2D eigenvalue weighted by Gasteiger charge is 2.26. The second-order valence-electron chi connectivity index (χ2n) is 7.04. The lowest BCUT2D eigenvalue weighted by Gasteiger charge is -2.36. The number of anilines is 2. The Balaban J connectivity index is 1.57. The van der Waals surface area contributed by atoms with Gasteiger partial charge in [0.05, 0.1) is 29.2 Å². The lowest BCUT2D eigenvalue weighted by molar-refractivity contribution is 0.102. The number of piperidine rings is 1. The van der Waals surface area contributed by atoms with E-state index in [1.165, 1.54) is 17.6 Å². The van der Waals surface area contributed by atoms with Crippen LogP contribution in [0, 0.1) is 11.6 Å². The molecule has 1 aliphatic rings. The molecule has 2 aromatic heterocycles. The van der Waals surface area contributed by atoms with E-state index in [1.807, 2.05) is 4.90 Å². The van der Waals surface area contributed by atoms with Crippen LogP contribution in [0.3, 0.4) is 0 Å². The number of nitrogens with two attached hydrogens (primary N) is 1. The average molecular weight is 431 g/mol. The Morgan fingerprint density at radius 2 is 2.03 bits per heavy atom. The van der Waals surface area contributed by atoms with E-state index >= 15 is 0 Å². The van der Waals surface area contributed by atoms with Crippen LogP contribution in [-0.4, -0.2) is 46.2 Å². The number of hydrogen-bond acceptors (Lipinski definition) is 7. The number of aromatic nitrogens is 2. The van der Waals surface area contributed by atoms with Gasteiger partial charge in [-0.25, -0.2) is 13.8 Å². The third-order valence-electron chi connectivity index (χ3n) is 4.76. The number of benzene rings is 1. The largest absolute Gasteiger partial charge is 0.391 e. The minimum Gasteiger partial charge on any atom is -0.391 e. The second kappa shape index (κ2) is 8.42. The van der Waals surface area contributed by atoms with Crippen LogP contribution in [-0.2, 0) is 0 Å². The molecule has 4 N–H and O–H groups in total. The number of rotatable bonds is 4. The molecule has 1 fully saturated rings. The molecular weight excluding hydrogens is 412 g/mol. The van der Waals surface area contributed by atoms with Gasteiger partial charge in [0.25, 0.3) is 5.91 Å². The van der Waals surface area contributed by atoms with Gasteiger partial charge in [0.2, 0.25) is 0 Å². The van der Waals surface area contributed by atoms with Gasteiger partial charge in [-0.1, -0.05) is 6.07 Å². The third kappa shape index (κ3) is 4.16. The second-order valence-corrected chi connectivity index (χ2v) is 7.89. The van der Waals surface area contributed by atoms with Crippen LogP contribution in [0.15, 0.2) is 42.0 Å². The molecule has 1 aliphatic heterocycles. The standard InChI is InChI=1S/C20H19F2N5O2S/c21-13-2-1-3-14(22)18(13)20-26-16(10-30-20)19(29)25-15-7-24-5-4-17(15)27-8-11(23)6-12(28)9-27/h1-5,7,10-12,28H,6,8-9,23H2,(H,25,29). The lowest BCUT2D eigenvalue weighted by atomic mass is 10.0. The van der Waals surface area contributed by atoms with Crippen LogP contribution in [0.1, 0.15) is 16.9 Å². The van der Waals surface area contributed by atoms with E-state index in [0.29, 0.717) is 30.9 Å². The van der Waals surface area contributed by atoms with Crippen molar-refractivity contribution in [2.75, 3.05) is 23.3 Å². The van der Waals surface area contributed by atoms with Crippen molar-refractivity contribution in [2.45, 2.75) is 18.6 Å². The maximum Gasteiger partial charge on any atom is 0.275 e. The van der Waals surface area contributed by atoms with Crippen molar-refractivity contribution in [3.05, 3.63) is 59.4 Å². The number of nitrogens with zero attached hydrogens (tertiary/aromatic N) is 3. The van der Waals surface area contributed by atoms with Gasteiger partial charge < -0.3 is 21.1 Å². The minimum absolute atomic E-state index is 0.0304. The zero-order valence-corrected chi connectivity index (χ0v) is 16.6. The number of pyridine rings is 1. The van der Waals surface area contributed by atoms with Gasteiger partial charge in [-0.15, -0.1) is 11.3 Å². The number of aliphatic hydroxyl groups is 1. The van der Waals surface area contributed by atoms with Crippen molar-refractivity contribution in [1.82, 2.24) is 9.97 Å². The Morgan fingerprint density at radius 1 is 1.27 bits per heavy atom. The van der Waals surface area contributed by atoms with Gasteiger partial charge in [0.1, 0.15) is 22.3 Å². The van der Waals surface area contributed by atoms with E-state index in [-0.39, 0.29) is 22.3 Å². The summed E-state index contributed by atoms with van der Waals surface area (Å²) in [6.45, 7) is 0.908. The highest BCUT2D eigenvalue weighted by molar-refractivity contribution is 7.13. The molecule has 4 rings (SSSR count). The predicted molar refractivity (Wildman–Crippen MR) is 110 cm³/mol. The number of carbonyl (C=O) groups excluding carboxylic acids is 1. The van der Waals surface area contributed by atoms with Crippen LogP contribution < -0.4 is 16.0 Å². The molecule has 0 saturated carbocycles.